The highest BCUT2D eigenvalue weighted by Crippen LogP contribution is 2.28. The third kappa shape index (κ3) is 2.27. The van der Waals surface area contributed by atoms with Gasteiger partial charge in [0.25, 0.3) is 0 Å². The largest absolute Gasteiger partial charge is 0.433 e. The van der Waals surface area contributed by atoms with Crippen LogP contribution in [0.1, 0.15) is 24.2 Å². The number of halogens is 3. The summed E-state index contributed by atoms with van der Waals surface area (Å²) in [5.74, 6) is 0. The lowest BCUT2D eigenvalue weighted by Gasteiger charge is -2.07. The molecule has 1 atom stereocenters. The van der Waals surface area contributed by atoms with Crippen molar-refractivity contribution in [3.05, 3.63) is 29.6 Å². The Morgan fingerprint density at radius 1 is 1.43 bits per heavy atom. The summed E-state index contributed by atoms with van der Waals surface area (Å²) < 4.78 is 36.2. The molecule has 3 nitrogen and oxygen atoms in total. The van der Waals surface area contributed by atoms with Gasteiger partial charge in [-0.15, -0.1) is 0 Å². The SMILES string of the molecule is CC(N=N)c1ccc(C(F)(F)F)nc1. The van der Waals surface area contributed by atoms with Gasteiger partial charge in [-0.2, -0.15) is 18.3 Å². The quantitative estimate of drug-likeness (QED) is 0.737. The van der Waals surface area contributed by atoms with Gasteiger partial charge in [-0.25, -0.2) is 5.53 Å². The summed E-state index contributed by atoms with van der Waals surface area (Å²) in [5, 5.41) is 3.18. The first kappa shape index (κ1) is 10.6. The number of nitrogens with one attached hydrogen (secondary N) is 1. The lowest BCUT2D eigenvalue weighted by atomic mass is 10.1. The van der Waals surface area contributed by atoms with E-state index in [1.54, 1.807) is 6.92 Å². The summed E-state index contributed by atoms with van der Waals surface area (Å²) in [6, 6.07) is 1.71. The zero-order valence-corrected chi connectivity index (χ0v) is 7.34. The van der Waals surface area contributed by atoms with Crippen molar-refractivity contribution >= 4 is 0 Å². The zero-order chi connectivity index (χ0) is 10.8. The van der Waals surface area contributed by atoms with Crippen LogP contribution in [-0.4, -0.2) is 4.98 Å². The Balaban J connectivity index is 2.95. The predicted molar refractivity (Wildman–Crippen MR) is 42.8 cm³/mol. The Morgan fingerprint density at radius 3 is 2.43 bits per heavy atom. The molecule has 1 rings (SSSR count). The number of pyridine rings is 1. The highest BCUT2D eigenvalue weighted by atomic mass is 19.4. The Labute approximate surface area is 78.5 Å². The number of aromatic nitrogens is 1. The number of alkyl halides is 3. The van der Waals surface area contributed by atoms with Crippen LogP contribution in [0.25, 0.3) is 0 Å². The second kappa shape index (κ2) is 3.73. The molecular formula is C8H8F3N3. The van der Waals surface area contributed by atoms with Crippen LogP contribution >= 0.6 is 0 Å². The molecule has 0 spiro atoms. The lowest BCUT2D eigenvalue weighted by molar-refractivity contribution is -0.141. The average molecular weight is 203 g/mol. The fraction of sp³-hybridized carbons (Fsp3) is 0.375. The minimum absolute atomic E-state index is 0.454. The molecule has 0 aliphatic rings. The number of rotatable bonds is 2. The van der Waals surface area contributed by atoms with Gasteiger partial charge in [-0.05, 0) is 18.6 Å². The second-order valence-electron chi connectivity index (χ2n) is 2.78. The number of hydrogen-bond acceptors (Lipinski definition) is 3. The van der Waals surface area contributed by atoms with E-state index in [0.717, 1.165) is 12.3 Å². The van der Waals surface area contributed by atoms with Crippen molar-refractivity contribution < 1.29 is 13.2 Å². The molecule has 0 aliphatic heterocycles. The van der Waals surface area contributed by atoms with E-state index in [4.69, 9.17) is 5.53 Å². The molecule has 0 radical (unpaired) electrons. The summed E-state index contributed by atoms with van der Waals surface area (Å²) in [7, 11) is 0. The average Bonchev–Trinajstić information content (AvgIpc) is 2.15. The summed E-state index contributed by atoms with van der Waals surface area (Å²) in [5.41, 5.74) is 6.26. The Hall–Kier alpha value is -1.46. The van der Waals surface area contributed by atoms with Gasteiger partial charge in [0.05, 0.1) is 6.04 Å². The van der Waals surface area contributed by atoms with Crippen molar-refractivity contribution in [1.82, 2.24) is 4.98 Å². The summed E-state index contributed by atoms with van der Waals surface area (Å²) in [6.45, 7) is 1.61. The molecule has 0 saturated carbocycles. The van der Waals surface area contributed by atoms with Crippen LogP contribution < -0.4 is 0 Å². The molecule has 1 aromatic rings. The Kier molecular flexibility index (Phi) is 2.83. The number of hydrogen-bond donors (Lipinski definition) is 1. The predicted octanol–water partition coefficient (Wildman–Crippen LogP) is 3.19. The summed E-state index contributed by atoms with van der Waals surface area (Å²) >= 11 is 0. The minimum Gasteiger partial charge on any atom is -0.251 e. The molecule has 14 heavy (non-hydrogen) atoms. The first-order valence-corrected chi connectivity index (χ1v) is 3.85. The third-order valence-corrected chi connectivity index (χ3v) is 1.75. The minimum atomic E-state index is -4.42. The van der Waals surface area contributed by atoms with Crippen molar-refractivity contribution in [1.29, 1.82) is 5.53 Å². The standard InChI is InChI=1S/C8H8F3N3/c1-5(14-12)6-2-3-7(13-4-6)8(9,10)11/h2-5,12H,1H3. The van der Waals surface area contributed by atoms with E-state index in [1.165, 1.54) is 6.07 Å². The van der Waals surface area contributed by atoms with E-state index in [9.17, 15) is 13.2 Å². The zero-order valence-electron chi connectivity index (χ0n) is 7.34. The van der Waals surface area contributed by atoms with Crippen molar-refractivity contribution in [3.63, 3.8) is 0 Å². The topological polar surface area (TPSA) is 49.1 Å². The van der Waals surface area contributed by atoms with Crippen molar-refractivity contribution in [2.45, 2.75) is 19.1 Å². The molecule has 0 saturated heterocycles. The fourth-order valence-electron chi connectivity index (χ4n) is 0.895. The normalized spacial score (nSPS) is 13.7. The van der Waals surface area contributed by atoms with Crippen molar-refractivity contribution in [2.75, 3.05) is 0 Å². The maximum atomic E-state index is 12.1. The molecule has 0 bridgehead atoms. The monoisotopic (exact) mass is 203 g/mol. The maximum absolute atomic E-state index is 12.1. The molecule has 1 heterocycles. The Morgan fingerprint density at radius 2 is 2.07 bits per heavy atom. The third-order valence-electron chi connectivity index (χ3n) is 1.75. The van der Waals surface area contributed by atoms with Crippen LogP contribution in [0.4, 0.5) is 13.2 Å². The lowest BCUT2D eigenvalue weighted by Crippen LogP contribution is -2.07. The molecular weight excluding hydrogens is 195 g/mol. The molecule has 1 aromatic heterocycles. The van der Waals surface area contributed by atoms with Gasteiger partial charge >= 0.3 is 6.18 Å². The van der Waals surface area contributed by atoms with Gasteiger partial charge < -0.3 is 0 Å². The molecule has 0 fully saturated rings. The van der Waals surface area contributed by atoms with E-state index in [1.807, 2.05) is 0 Å². The van der Waals surface area contributed by atoms with Gasteiger partial charge in [-0.1, -0.05) is 6.07 Å². The molecule has 1 N–H and O–H groups in total. The molecule has 1 unspecified atom stereocenters. The molecule has 0 aliphatic carbocycles. The Bertz CT molecular complexity index is 318. The van der Waals surface area contributed by atoms with Gasteiger partial charge in [0, 0.05) is 6.20 Å². The van der Waals surface area contributed by atoms with Gasteiger partial charge in [0.1, 0.15) is 5.69 Å². The molecule has 6 heteroatoms. The van der Waals surface area contributed by atoms with Crippen LogP contribution in [0, 0.1) is 5.53 Å². The van der Waals surface area contributed by atoms with Crippen LogP contribution in [0.5, 0.6) is 0 Å². The molecule has 0 amide bonds. The van der Waals surface area contributed by atoms with Gasteiger partial charge in [0.15, 0.2) is 0 Å². The van der Waals surface area contributed by atoms with E-state index in [-0.39, 0.29) is 0 Å². The van der Waals surface area contributed by atoms with Crippen LogP contribution in [-0.2, 0) is 6.18 Å². The maximum Gasteiger partial charge on any atom is 0.433 e. The van der Waals surface area contributed by atoms with E-state index >= 15 is 0 Å². The van der Waals surface area contributed by atoms with Crippen LogP contribution in [0.15, 0.2) is 23.4 Å². The summed E-state index contributed by atoms with van der Waals surface area (Å²) in [4.78, 5) is 3.25. The van der Waals surface area contributed by atoms with Crippen LogP contribution in [0.2, 0.25) is 0 Å². The van der Waals surface area contributed by atoms with Crippen molar-refractivity contribution in [3.8, 4) is 0 Å². The van der Waals surface area contributed by atoms with E-state index in [2.05, 4.69) is 10.1 Å². The van der Waals surface area contributed by atoms with Crippen LogP contribution in [0.3, 0.4) is 0 Å². The fourth-order valence-corrected chi connectivity index (χ4v) is 0.895. The summed E-state index contributed by atoms with van der Waals surface area (Å²) in [6.07, 6.45) is -3.33. The molecule has 76 valence electrons. The van der Waals surface area contributed by atoms with Gasteiger partial charge in [-0.3, -0.25) is 4.98 Å². The first-order valence-electron chi connectivity index (χ1n) is 3.85. The van der Waals surface area contributed by atoms with Crippen molar-refractivity contribution in [2.24, 2.45) is 5.11 Å². The smallest absolute Gasteiger partial charge is 0.251 e. The van der Waals surface area contributed by atoms with E-state index in [0.29, 0.717) is 5.56 Å². The highest BCUT2D eigenvalue weighted by molar-refractivity contribution is 5.18. The second-order valence-corrected chi connectivity index (χ2v) is 2.78. The van der Waals surface area contributed by atoms with E-state index < -0.39 is 17.9 Å². The highest BCUT2D eigenvalue weighted by Gasteiger charge is 2.32. The number of nitrogens with zero attached hydrogens (tertiary/aromatic N) is 2. The molecule has 0 aromatic carbocycles. The first-order chi connectivity index (χ1) is 6.45. The van der Waals surface area contributed by atoms with Gasteiger partial charge in [0.2, 0.25) is 0 Å².